The molecular weight excluding hydrogens is 292 g/mol. The second kappa shape index (κ2) is 7.60. The average Bonchev–Trinajstić information content (AvgIpc) is 2.45. The highest BCUT2D eigenvalue weighted by Crippen LogP contribution is 2.45. The van der Waals surface area contributed by atoms with Gasteiger partial charge in [-0.25, -0.2) is 9.59 Å². The SMILES string of the molecule is CC(OC(=O)OCC(O)CO)OC(=O)C1=CCCC2CCC12. The molecule has 0 aromatic rings. The molecule has 7 heteroatoms. The summed E-state index contributed by atoms with van der Waals surface area (Å²) in [5, 5.41) is 17.6. The number of aliphatic hydroxyl groups excluding tert-OH is 2. The van der Waals surface area contributed by atoms with Crippen molar-refractivity contribution < 1.29 is 34.0 Å². The summed E-state index contributed by atoms with van der Waals surface area (Å²) >= 11 is 0. The van der Waals surface area contributed by atoms with Crippen molar-refractivity contribution in [3.8, 4) is 0 Å². The Labute approximate surface area is 128 Å². The standard InChI is InChI=1S/C15H22O7/c1-9(22-15(19)20-8-11(17)7-16)21-14(18)13-4-2-3-10-5-6-12(10)13/h4,9-12,16-17H,2-3,5-8H2,1H3. The fourth-order valence-corrected chi connectivity index (χ4v) is 2.79. The average molecular weight is 314 g/mol. The number of fused-ring (bicyclic) bond motifs is 1. The van der Waals surface area contributed by atoms with Crippen LogP contribution in [-0.2, 0) is 19.0 Å². The van der Waals surface area contributed by atoms with E-state index in [2.05, 4.69) is 4.74 Å². The maximum absolute atomic E-state index is 12.1. The fourth-order valence-electron chi connectivity index (χ4n) is 2.79. The lowest BCUT2D eigenvalue weighted by Crippen LogP contribution is -2.35. The van der Waals surface area contributed by atoms with Crippen LogP contribution in [0.2, 0.25) is 0 Å². The lowest BCUT2D eigenvalue weighted by Gasteiger charge is -2.40. The van der Waals surface area contributed by atoms with Crippen molar-refractivity contribution in [3.05, 3.63) is 11.6 Å². The molecule has 0 heterocycles. The van der Waals surface area contributed by atoms with Crippen LogP contribution in [0.25, 0.3) is 0 Å². The largest absolute Gasteiger partial charge is 0.511 e. The van der Waals surface area contributed by atoms with Gasteiger partial charge in [-0.3, -0.25) is 0 Å². The molecule has 0 aliphatic heterocycles. The van der Waals surface area contributed by atoms with Crippen molar-refractivity contribution in [3.63, 3.8) is 0 Å². The number of hydrogen-bond acceptors (Lipinski definition) is 7. The van der Waals surface area contributed by atoms with Crippen LogP contribution in [0.3, 0.4) is 0 Å². The van der Waals surface area contributed by atoms with E-state index in [4.69, 9.17) is 19.7 Å². The van der Waals surface area contributed by atoms with Gasteiger partial charge < -0.3 is 24.4 Å². The molecule has 0 spiro atoms. The maximum Gasteiger partial charge on any atom is 0.511 e. The van der Waals surface area contributed by atoms with E-state index >= 15 is 0 Å². The molecule has 22 heavy (non-hydrogen) atoms. The highest BCUT2D eigenvalue weighted by Gasteiger charge is 2.39. The Kier molecular flexibility index (Phi) is 5.79. The molecular formula is C15H22O7. The molecule has 0 bridgehead atoms. The lowest BCUT2D eigenvalue weighted by atomic mass is 9.65. The topological polar surface area (TPSA) is 102 Å². The van der Waals surface area contributed by atoms with E-state index in [1.807, 2.05) is 6.08 Å². The molecule has 0 saturated heterocycles. The Morgan fingerprint density at radius 3 is 2.73 bits per heavy atom. The molecule has 2 rings (SSSR count). The van der Waals surface area contributed by atoms with Crippen LogP contribution in [0.1, 0.15) is 32.6 Å². The van der Waals surface area contributed by atoms with Gasteiger partial charge in [0.1, 0.15) is 12.7 Å². The van der Waals surface area contributed by atoms with Crippen molar-refractivity contribution in [2.24, 2.45) is 11.8 Å². The number of hydrogen-bond donors (Lipinski definition) is 2. The van der Waals surface area contributed by atoms with E-state index < -0.39 is 31.1 Å². The van der Waals surface area contributed by atoms with Gasteiger partial charge in [0.25, 0.3) is 0 Å². The highest BCUT2D eigenvalue weighted by molar-refractivity contribution is 5.89. The first kappa shape index (κ1) is 16.8. The zero-order valence-electron chi connectivity index (χ0n) is 12.6. The molecule has 1 saturated carbocycles. The summed E-state index contributed by atoms with van der Waals surface area (Å²) in [7, 11) is 0. The molecule has 4 unspecified atom stereocenters. The van der Waals surface area contributed by atoms with Gasteiger partial charge in [0.15, 0.2) is 0 Å². The number of carbonyl (C=O) groups excluding carboxylic acids is 2. The van der Waals surface area contributed by atoms with Crippen molar-refractivity contribution in [1.82, 2.24) is 0 Å². The predicted octanol–water partition coefficient (Wildman–Crippen LogP) is 1.13. The molecule has 4 atom stereocenters. The minimum Gasteiger partial charge on any atom is -0.431 e. The Hall–Kier alpha value is -1.60. The van der Waals surface area contributed by atoms with Crippen LogP contribution < -0.4 is 0 Å². The zero-order valence-corrected chi connectivity index (χ0v) is 12.6. The molecule has 1 fully saturated rings. The second-order valence-corrected chi connectivity index (χ2v) is 5.67. The molecule has 0 radical (unpaired) electrons. The minimum absolute atomic E-state index is 0.278. The smallest absolute Gasteiger partial charge is 0.431 e. The van der Waals surface area contributed by atoms with Crippen LogP contribution in [0.15, 0.2) is 11.6 Å². The Balaban J connectivity index is 1.74. The minimum atomic E-state index is -1.16. The third-order valence-corrected chi connectivity index (χ3v) is 4.09. The lowest BCUT2D eigenvalue weighted by molar-refractivity contribution is -0.165. The number of rotatable bonds is 6. The summed E-state index contributed by atoms with van der Waals surface area (Å²) in [5.41, 5.74) is 0.682. The van der Waals surface area contributed by atoms with Crippen LogP contribution in [-0.4, -0.2) is 47.9 Å². The Bertz CT molecular complexity index is 445. The molecule has 2 aliphatic rings. The van der Waals surface area contributed by atoms with Gasteiger partial charge >= 0.3 is 12.1 Å². The number of allylic oxidation sites excluding steroid dienone is 1. The van der Waals surface area contributed by atoms with Gasteiger partial charge in [0, 0.05) is 12.5 Å². The molecule has 0 aromatic heterocycles. The second-order valence-electron chi connectivity index (χ2n) is 5.67. The van der Waals surface area contributed by atoms with Gasteiger partial charge in [-0.1, -0.05) is 6.08 Å². The van der Waals surface area contributed by atoms with E-state index in [1.54, 1.807) is 0 Å². The van der Waals surface area contributed by atoms with Crippen molar-refractivity contribution in [1.29, 1.82) is 0 Å². The summed E-state index contributed by atoms with van der Waals surface area (Å²) in [6.07, 6.45) is 2.76. The fraction of sp³-hybridized carbons (Fsp3) is 0.733. The van der Waals surface area contributed by atoms with E-state index in [0.29, 0.717) is 11.5 Å². The normalized spacial score (nSPS) is 25.9. The molecule has 7 nitrogen and oxygen atoms in total. The number of esters is 1. The van der Waals surface area contributed by atoms with Gasteiger partial charge in [-0.2, -0.15) is 0 Å². The third-order valence-electron chi connectivity index (χ3n) is 4.09. The van der Waals surface area contributed by atoms with E-state index in [9.17, 15) is 9.59 Å². The van der Waals surface area contributed by atoms with Crippen molar-refractivity contribution in [2.75, 3.05) is 13.2 Å². The third kappa shape index (κ3) is 4.20. The summed E-state index contributed by atoms with van der Waals surface area (Å²) in [6, 6.07) is 0. The van der Waals surface area contributed by atoms with Crippen LogP contribution in [0, 0.1) is 11.8 Å². The van der Waals surface area contributed by atoms with Gasteiger partial charge in [0.2, 0.25) is 6.29 Å². The van der Waals surface area contributed by atoms with Gasteiger partial charge in [0.05, 0.1) is 6.61 Å². The zero-order chi connectivity index (χ0) is 16.1. The first-order chi connectivity index (χ1) is 10.5. The Morgan fingerprint density at radius 2 is 2.09 bits per heavy atom. The number of ether oxygens (including phenoxy) is 3. The molecule has 0 amide bonds. The number of carbonyl (C=O) groups is 2. The quantitative estimate of drug-likeness (QED) is 0.559. The van der Waals surface area contributed by atoms with E-state index in [1.165, 1.54) is 6.92 Å². The first-order valence-electron chi connectivity index (χ1n) is 7.54. The first-order valence-corrected chi connectivity index (χ1v) is 7.54. The summed E-state index contributed by atoms with van der Waals surface area (Å²) in [4.78, 5) is 23.4. The van der Waals surface area contributed by atoms with Crippen LogP contribution >= 0.6 is 0 Å². The monoisotopic (exact) mass is 314 g/mol. The van der Waals surface area contributed by atoms with Crippen LogP contribution in [0.5, 0.6) is 0 Å². The summed E-state index contributed by atoms with van der Waals surface area (Å²) in [6.45, 7) is 0.517. The highest BCUT2D eigenvalue weighted by atomic mass is 16.8. The predicted molar refractivity (Wildman–Crippen MR) is 74.6 cm³/mol. The molecule has 2 N–H and O–H groups in total. The van der Waals surface area contributed by atoms with Crippen molar-refractivity contribution in [2.45, 2.75) is 45.0 Å². The van der Waals surface area contributed by atoms with Crippen molar-refractivity contribution >= 4 is 12.1 Å². The van der Waals surface area contributed by atoms with E-state index in [-0.39, 0.29) is 12.5 Å². The summed E-state index contributed by atoms with van der Waals surface area (Å²) < 4.78 is 14.4. The van der Waals surface area contributed by atoms with Gasteiger partial charge in [-0.05, 0) is 37.5 Å². The molecule has 2 aliphatic carbocycles. The molecule has 0 aromatic carbocycles. The van der Waals surface area contributed by atoms with Crippen LogP contribution in [0.4, 0.5) is 4.79 Å². The Morgan fingerprint density at radius 1 is 1.32 bits per heavy atom. The molecule has 124 valence electrons. The van der Waals surface area contributed by atoms with E-state index in [0.717, 1.165) is 25.7 Å². The summed E-state index contributed by atoms with van der Waals surface area (Å²) in [5.74, 6) is 0.402. The number of aliphatic hydroxyl groups is 2. The van der Waals surface area contributed by atoms with Gasteiger partial charge in [-0.15, -0.1) is 0 Å². The maximum atomic E-state index is 12.1.